The molecular weight excluding hydrogens is 438 g/mol. The smallest absolute Gasteiger partial charge is 0.291 e. The summed E-state index contributed by atoms with van der Waals surface area (Å²) in [6.45, 7) is 7.89. The van der Waals surface area contributed by atoms with Gasteiger partial charge in [-0.25, -0.2) is 0 Å². The molecule has 0 N–H and O–H groups in total. The van der Waals surface area contributed by atoms with Gasteiger partial charge in [0.05, 0.1) is 24.4 Å². The normalized spacial score (nSPS) is 11.8. The second-order valence-corrected chi connectivity index (χ2v) is 8.42. The molecule has 2 aromatic heterocycles. The summed E-state index contributed by atoms with van der Waals surface area (Å²) in [5.74, 6) is 2.69. The van der Waals surface area contributed by atoms with Gasteiger partial charge in [-0.15, -0.1) is 5.10 Å². The first kappa shape index (κ1) is 22.8. The average molecular weight is 466 g/mol. The van der Waals surface area contributed by atoms with E-state index in [9.17, 15) is 4.79 Å². The van der Waals surface area contributed by atoms with Crippen molar-refractivity contribution >= 4 is 22.4 Å². The first-order chi connectivity index (χ1) is 16.1. The number of ether oxygens (including phenoxy) is 3. The van der Waals surface area contributed by atoms with Crippen molar-refractivity contribution in [3.8, 4) is 28.6 Å². The summed E-state index contributed by atoms with van der Waals surface area (Å²) in [5, 5.41) is 4.43. The minimum atomic E-state index is -0.194. The number of hydrogen-bond acceptors (Lipinski definition) is 7. The molecule has 0 aliphatic rings. The van der Waals surface area contributed by atoms with Gasteiger partial charge >= 0.3 is 0 Å². The summed E-state index contributed by atoms with van der Waals surface area (Å²) < 4.78 is 19.0. The van der Waals surface area contributed by atoms with Crippen LogP contribution in [-0.4, -0.2) is 34.4 Å². The second-order valence-electron chi connectivity index (χ2n) is 7.41. The van der Waals surface area contributed by atoms with Gasteiger partial charge in [0, 0.05) is 5.56 Å². The Labute approximate surface area is 196 Å². The van der Waals surface area contributed by atoms with E-state index >= 15 is 0 Å². The molecule has 0 unspecified atom stereocenters. The molecule has 0 saturated carbocycles. The molecule has 2 heterocycles. The molecule has 0 aliphatic heterocycles. The van der Waals surface area contributed by atoms with Gasteiger partial charge in [-0.1, -0.05) is 31.3 Å². The summed E-state index contributed by atoms with van der Waals surface area (Å²) in [4.78, 5) is 18.0. The van der Waals surface area contributed by atoms with Crippen LogP contribution in [0, 0.1) is 0 Å². The Hall–Kier alpha value is -3.39. The van der Waals surface area contributed by atoms with Crippen molar-refractivity contribution in [2.24, 2.45) is 0 Å². The SMILES string of the molecule is CCCOc1ccc(-c2nc3s/c(=C\c4ccc(OCCC)c(OCC)c4)c(=O)n3n2)cc1. The fourth-order valence-electron chi connectivity index (χ4n) is 3.24. The van der Waals surface area contributed by atoms with Crippen LogP contribution in [0.4, 0.5) is 0 Å². The molecular formula is C25H27N3O4S. The van der Waals surface area contributed by atoms with Crippen molar-refractivity contribution in [1.82, 2.24) is 14.6 Å². The lowest BCUT2D eigenvalue weighted by Crippen LogP contribution is -2.23. The van der Waals surface area contributed by atoms with Crippen LogP contribution in [0.3, 0.4) is 0 Å². The van der Waals surface area contributed by atoms with E-state index in [1.54, 1.807) is 0 Å². The Morgan fingerprint density at radius 2 is 1.70 bits per heavy atom. The van der Waals surface area contributed by atoms with Crippen LogP contribution in [0.15, 0.2) is 47.3 Å². The van der Waals surface area contributed by atoms with Crippen molar-refractivity contribution in [1.29, 1.82) is 0 Å². The number of hydrogen-bond donors (Lipinski definition) is 0. The number of rotatable bonds is 10. The third-order valence-corrected chi connectivity index (χ3v) is 5.75. The molecule has 7 nitrogen and oxygen atoms in total. The molecule has 0 fully saturated rings. The van der Waals surface area contributed by atoms with Crippen LogP contribution in [0.1, 0.15) is 39.2 Å². The van der Waals surface area contributed by atoms with Crippen LogP contribution in [0.25, 0.3) is 22.4 Å². The Balaban J connectivity index is 1.62. The minimum Gasteiger partial charge on any atom is -0.494 e. The monoisotopic (exact) mass is 465 g/mol. The zero-order valence-corrected chi connectivity index (χ0v) is 19.9. The highest BCUT2D eigenvalue weighted by atomic mass is 32.1. The number of thiazole rings is 1. The Bertz CT molecular complexity index is 1330. The first-order valence-corrected chi connectivity index (χ1v) is 12.0. The first-order valence-electron chi connectivity index (χ1n) is 11.2. The number of fused-ring (bicyclic) bond motifs is 1. The Morgan fingerprint density at radius 1 is 0.939 bits per heavy atom. The van der Waals surface area contributed by atoms with Crippen molar-refractivity contribution in [3.05, 3.63) is 62.9 Å². The highest BCUT2D eigenvalue weighted by Gasteiger charge is 2.13. The van der Waals surface area contributed by atoms with Gasteiger partial charge in [-0.2, -0.15) is 9.50 Å². The van der Waals surface area contributed by atoms with Gasteiger partial charge < -0.3 is 14.2 Å². The fourth-order valence-corrected chi connectivity index (χ4v) is 4.15. The molecule has 0 spiro atoms. The molecule has 0 saturated heterocycles. The van der Waals surface area contributed by atoms with E-state index in [1.807, 2.05) is 55.5 Å². The highest BCUT2D eigenvalue weighted by molar-refractivity contribution is 7.15. The van der Waals surface area contributed by atoms with E-state index in [-0.39, 0.29) is 5.56 Å². The van der Waals surface area contributed by atoms with Crippen molar-refractivity contribution in [2.45, 2.75) is 33.6 Å². The van der Waals surface area contributed by atoms with E-state index in [4.69, 9.17) is 14.2 Å². The molecule has 172 valence electrons. The molecule has 8 heteroatoms. The van der Waals surface area contributed by atoms with Gasteiger partial charge in [-0.3, -0.25) is 4.79 Å². The number of nitrogens with zero attached hydrogens (tertiary/aromatic N) is 3. The van der Waals surface area contributed by atoms with Gasteiger partial charge in [0.25, 0.3) is 5.56 Å². The summed E-state index contributed by atoms with van der Waals surface area (Å²) in [5.41, 5.74) is 1.50. The maximum Gasteiger partial charge on any atom is 0.291 e. The van der Waals surface area contributed by atoms with Gasteiger partial charge in [0.1, 0.15) is 5.75 Å². The lowest BCUT2D eigenvalue weighted by Gasteiger charge is -2.11. The quantitative estimate of drug-likeness (QED) is 0.347. The molecule has 0 amide bonds. The van der Waals surface area contributed by atoms with E-state index < -0.39 is 0 Å². The van der Waals surface area contributed by atoms with Gasteiger partial charge in [0.2, 0.25) is 4.96 Å². The van der Waals surface area contributed by atoms with Crippen LogP contribution in [0.2, 0.25) is 0 Å². The topological polar surface area (TPSA) is 75.0 Å². The summed E-state index contributed by atoms with van der Waals surface area (Å²) in [6, 6.07) is 13.3. The van der Waals surface area contributed by atoms with Crippen molar-refractivity contribution in [3.63, 3.8) is 0 Å². The van der Waals surface area contributed by atoms with E-state index in [2.05, 4.69) is 23.9 Å². The molecule has 4 aromatic rings. The predicted octanol–water partition coefficient (Wildman–Crippen LogP) is 4.34. The van der Waals surface area contributed by atoms with Crippen molar-refractivity contribution < 1.29 is 14.2 Å². The molecule has 33 heavy (non-hydrogen) atoms. The molecule has 0 bridgehead atoms. The molecule has 0 atom stereocenters. The van der Waals surface area contributed by atoms with Crippen LogP contribution < -0.4 is 24.3 Å². The van der Waals surface area contributed by atoms with Gasteiger partial charge in [0.15, 0.2) is 17.3 Å². The summed E-state index contributed by atoms with van der Waals surface area (Å²) >= 11 is 1.31. The maximum atomic E-state index is 12.9. The Morgan fingerprint density at radius 3 is 2.39 bits per heavy atom. The standard InChI is InChI=1S/C25H27N3O4S/c1-4-13-31-19-10-8-18(9-11-19)23-26-25-28(27-23)24(29)22(33-25)16-17-7-12-20(32-14-5-2)21(15-17)30-6-3/h7-12,15-16H,4-6,13-14H2,1-3H3/b22-16-. The summed E-state index contributed by atoms with van der Waals surface area (Å²) in [6.07, 6.45) is 3.70. The zero-order valence-electron chi connectivity index (χ0n) is 19.0. The van der Waals surface area contributed by atoms with E-state index in [0.717, 1.165) is 29.7 Å². The predicted molar refractivity (Wildman–Crippen MR) is 131 cm³/mol. The van der Waals surface area contributed by atoms with Crippen molar-refractivity contribution in [2.75, 3.05) is 19.8 Å². The lowest BCUT2D eigenvalue weighted by atomic mass is 10.2. The largest absolute Gasteiger partial charge is 0.494 e. The molecule has 4 rings (SSSR count). The fraction of sp³-hybridized carbons (Fsp3) is 0.320. The summed E-state index contributed by atoms with van der Waals surface area (Å²) in [7, 11) is 0. The van der Waals surface area contributed by atoms with Crippen LogP contribution >= 0.6 is 11.3 Å². The maximum absolute atomic E-state index is 12.9. The van der Waals surface area contributed by atoms with Crippen LogP contribution in [-0.2, 0) is 0 Å². The molecule has 2 aromatic carbocycles. The third-order valence-electron chi connectivity index (χ3n) is 4.79. The van der Waals surface area contributed by atoms with Gasteiger partial charge in [-0.05, 0) is 67.8 Å². The third kappa shape index (κ3) is 5.17. The molecule has 0 radical (unpaired) electrons. The lowest BCUT2D eigenvalue weighted by molar-refractivity contribution is 0.277. The number of benzene rings is 2. The second kappa shape index (κ2) is 10.5. The highest BCUT2D eigenvalue weighted by Crippen LogP contribution is 2.29. The van der Waals surface area contributed by atoms with E-state index in [0.29, 0.717) is 46.6 Å². The zero-order chi connectivity index (χ0) is 23.2. The minimum absolute atomic E-state index is 0.194. The number of aromatic nitrogens is 3. The average Bonchev–Trinajstić information content (AvgIpc) is 3.37. The Kier molecular flexibility index (Phi) is 7.24. The van der Waals surface area contributed by atoms with Crippen LogP contribution in [0.5, 0.6) is 17.2 Å². The molecule has 0 aliphatic carbocycles. The van der Waals surface area contributed by atoms with E-state index in [1.165, 1.54) is 15.9 Å².